The highest BCUT2D eigenvalue weighted by Gasteiger charge is 2.47. The lowest BCUT2D eigenvalue weighted by Gasteiger charge is -2.37. The number of nitrogens with one attached hydrogen (secondary N) is 1. The molecule has 1 fully saturated rings. The topological polar surface area (TPSA) is 94.9 Å². The first-order valence-corrected chi connectivity index (χ1v) is 11.7. The van der Waals surface area contributed by atoms with Crippen molar-refractivity contribution >= 4 is 31.9 Å². The maximum Gasteiger partial charge on any atom is 0.351 e. The smallest absolute Gasteiger partial charge is 0.349 e. The molecule has 2 rings (SSSR count). The van der Waals surface area contributed by atoms with E-state index in [1.807, 2.05) is 32.4 Å². The van der Waals surface area contributed by atoms with Crippen LogP contribution in [0, 0.1) is 0 Å². The minimum absolute atomic E-state index is 0.0511. The Labute approximate surface area is 189 Å². The molecule has 5 unspecified atom stereocenters. The number of ether oxygens (including phenoxy) is 1. The van der Waals surface area contributed by atoms with E-state index < -0.39 is 38.8 Å². The number of halogens is 2. The van der Waals surface area contributed by atoms with Crippen LogP contribution in [0.3, 0.4) is 0 Å². The monoisotopic (exact) mass is 481 g/mol. The number of alkyl halides is 2. The van der Waals surface area contributed by atoms with E-state index in [9.17, 15) is 9.59 Å². The Morgan fingerprint density at radius 3 is 2.68 bits per heavy atom. The summed E-state index contributed by atoms with van der Waals surface area (Å²) in [5.41, 5.74) is -0.792. The van der Waals surface area contributed by atoms with Crippen LogP contribution in [0.15, 0.2) is 17.1 Å². The third-order valence-electron chi connectivity index (χ3n) is 4.41. The standard InChI is InChI=1S/C19H31ClFN4O5P/c1-11(2)25(12(3)4)31(28-10-8-20)30-17-13(5)29-18(16(17)21)24-9-7-15(22-14(6)26)23-19(24)27/h7,9,11-13,16-18H,8,10H2,1-6H3,(H,22,23,26,27)/i5D. The highest BCUT2D eigenvalue weighted by atomic mass is 35.5. The lowest BCUT2D eigenvalue weighted by atomic mass is 10.2. The van der Waals surface area contributed by atoms with Gasteiger partial charge in [-0.3, -0.25) is 9.36 Å². The van der Waals surface area contributed by atoms with Crippen LogP contribution >= 0.6 is 20.1 Å². The predicted octanol–water partition coefficient (Wildman–Crippen LogP) is 3.44. The Morgan fingerprint density at radius 1 is 1.48 bits per heavy atom. The Bertz CT molecular complexity index is 812. The molecule has 0 radical (unpaired) electrons. The van der Waals surface area contributed by atoms with Crippen molar-refractivity contribution < 1.29 is 24.3 Å². The average Bonchev–Trinajstić information content (AvgIpc) is 3.00. The second kappa shape index (κ2) is 11.6. The molecular weight excluding hydrogens is 450 g/mol. The number of carbonyl (C=O) groups excluding carboxylic acids is 1. The summed E-state index contributed by atoms with van der Waals surface area (Å²) in [6.07, 6.45) is -3.81. The molecule has 176 valence electrons. The number of anilines is 1. The summed E-state index contributed by atoms with van der Waals surface area (Å²) in [7, 11) is -1.69. The highest BCUT2D eigenvalue weighted by Crippen LogP contribution is 2.50. The first kappa shape index (κ1) is 24.5. The summed E-state index contributed by atoms with van der Waals surface area (Å²) in [5, 5.41) is 2.40. The van der Waals surface area contributed by atoms with Crippen LogP contribution in [-0.4, -0.2) is 63.1 Å². The maximum atomic E-state index is 15.5. The Balaban J connectivity index is 2.28. The zero-order valence-corrected chi connectivity index (χ0v) is 20.0. The van der Waals surface area contributed by atoms with Crippen LogP contribution in [-0.2, 0) is 18.6 Å². The van der Waals surface area contributed by atoms with Gasteiger partial charge < -0.3 is 19.1 Å². The first-order chi connectivity index (χ1) is 15.1. The van der Waals surface area contributed by atoms with Crippen LogP contribution in [0.1, 0.15) is 49.1 Å². The van der Waals surface area contributed by atoms with Crippen molar-refractivity contribution in [2.24, 2.45) is 0 Å². The highest BCUT2D eigenvalue weighted by molar-refractivity contribution is 7.44. The predicted molar refractivity (Wildman–Crippen MR) is 118 cm³/mol. The van der Waals surface area contributed by atoms with Crippen LogP contribution < -0.4 is 11.0 Å². The van der Waals surface area contributed by atoms with E-state index in [2.05, 4.69) is 10.3 Å². The zero-order valence-electron chi connectivity index (χ0n) is 19.3. The molecule has 0 aliphatic carbocycles. The molecule has 1 N–H and O–H groups in total. The van der Waals surface area contributed by atoms with Crippen LogP contribution in [0.25, 0.3) is 0 Å². The maximum absolute atomic E-state index is 15.5. The number of nitrogens with zero attached hydrogens (tertiary/aromatic N) is 3. The molecule has 1 saturated heterocycles. The van der Waals surface area contributed by atoms with Crippen molar-refractivity contribution in [2.75, 3.05) is 17.8 Å². The fraction of sp³-hybridized carbons (Fsp3) is 0.737. The molecule has 1 aromatic rings. The third kappa shape index (κ3) is 6.66. The molecule has 2 heterocycles. The van der Waals surface area contributed by atoms with Crippen molar-refractivity contribution in [3.63, 3.8) is 0 Å². The van der Waals surface area contributed by atoms with Gasteiger partial charge in [-0.15, -0.1) is 11.6 Å². The molecular formula is C19H31ClFN4O5P. The summed E-state index contributed by atoms with van der Waals surface area (Å²) < 4.78 is 43.9. The molecule has 12 heteroatoms. The van der Waals surface area contributed by atoms with Gasteiger partial charge in [0.25, 0.3) is 8.53 Å². The fourth-order valence-electron chi connectivity index (χ4n) is 3.24. The molecule has 0 saturated carbocycles. The van der Waals surface area contributed by atoms with Gasteiger partial charge in [0, 0.05) is 32.5 Å². The zero-order chi connectivity index (χ0) is 24.0. The molecule has 0 aromatic carbocycles. The van der Waals surface area contributed by atoms with E-state index in [-0.39, 0.29) is 43.2 Å². The molecule has 1 amide bonds. The van der Waals surface area contributed by atoms with Crippen molar-refractivity contribution in [3.05, 3.63) is 22.7 Å². The Hall–Kier alpha value is -1.16. The van der Waals surface area contributed by atoms with E-state index in [1.165, 1.54) is 19.2 Å². The third-order valence-corrected chi connectivity index (χ3v) is 6.70. The summed E-state index contributed by atoms with van der Waals surface area (Å²) in [6, 6.07) is 1.48. The second-order valence-electron chi connectivity index (χ2n) is 7.59. The van der Waals surface area contributed by atoms with Gasteiger partial charge in [0.15, 0.2) is 12.4 Å². The number of hydrogen-bond acceptors (Lipinski definition) is 7. The Kier molecular flexibility index (Phi) is 9.18. The fourth-order valence-corrected chi connectivity index (χ4v) is 5.19. The van der Waals surface area contributed by atoms with Crippen molar-refractivity contribution in [2.45, 2.75) is 78.2 Å². The lowest BCUT2D eigenvalue weighted by Crippen LogP contribution is -2.38. The number of amides is 1. The minimum Gasteiger partial charge on any atom is -0.349 e. The van der Waals surface area contributed by atoms with Gasteiger partial charge in [-0.2, -0.15) is 4.98 Å². The van der Waals surface area contributed by atoms with Crippen molar-refractivity contribution in [1.82, 2.24) is 14.2 Å². The summed E-state index contributed by atoms with van der Waals surface area (Å²) in [6.45, 7) is 9.15. The average molecular weight is 482 g/mol. The molecule has 0 bridgehead atoms. The summed E-state index contributed by atoms with van der Waals surface area (Å²) in [4.78, 5) is 27.3. The van der Waals surface area contributed by atoms with Gasteiger partial charge in [0.1, 0.15) is 11.9 Å². The largest absolute Gasteiger partial charge is 0.351 e. The normalized spacial score (nSPS) is 25.3. The summed E-state index contributed by atoms with van der Waals surface area (Å²) in [5.74, 6) is -0.0823. The van der Waals surface area contributed by atoms with Crippen LogP contribution in [0.5, 0.6) is 0 Å². The molecule has 1 aliphatic heterocycles. The van der Waals surface area contributed by atoms with Crippen LogP contribution in [0.2, 0.25) is 0 Å². The van der Waals surface area contributed by atoms with Gasteiger partial charge >= 0.3 is 5.69 Å². The van der Waals surface area contributed by atoms with Crippen LogP contribution in [0.4, 0.5) is 10.2 Å². The van der Waals surface area contributed by atoms with Crippen molar-refractivity contribution in [1.29, 1.82) is 0 Å². The van der Waals surface area contributed by atoms with Crippen molar-refractivity contribution in [3.8, 4) is 0 Å². The molecule has 1 aliphatic rings. The Morgan fingerprint density at radius 2 is 2.16 bits per heavy atom. The number of hydrogen-bond donors (Lipinski definition) is 1. The van der Waals surface area contributed by atoms with E-state index >= 15 is 4.39 Å². The summed E-state index contributed by atoms with van der Waals surface area (Å²) >= 11 is 5.79. The van der Waals surface area contributed by atoms with E-state index in [1.54, 1.807) is 0 Å². The van der Waals surface area contributed by atoms with E-state index in [0.717, 1.165) is 4.57 Å². The SMILES string of the molecule is [2H]CC1OC(n2ccc(NC(C)=O)nc2=O)C(F)C1OP(OCCCl)N(C(C)C)C(C)C. The van der Waals surface area contributed by atoms with Gasteiger partial charge in [0.2, 0.25) is 5.91 Å². The minimum atomic E-state index is -1.75. The number of carbonyl (C=O) groups is 1. The quantitative estimate of drug-likeness (QED) is 0.404. The number of rotatable bonds is 10. The van der Waals surface area contributed by atoms with E-state index in [0.29, 0.717) is 0 Å². The number of aromatic nitrogens is 2. The van der Waals surface area contributed by atoms with Gasteiger partial charge in [-0.25, -0.2) is 13.9 Å². The van der Waals surface area contributed by atoms with Gasteiger partial charge in [-0.1, -0.05) is 0 Å². The lowest BCUT2D eigenvalue weighted by molar-refractivity contribution is -0.114. The first-order valence-electron chi connectivity index (χ1n) is 10.7. The molecule has 31 heavy (non-hydrogen) atoms. The van der Waals surface area contributed by atoms with Gasteiger partial charge in [-0.05, 0) is 40.7 Å². The molecule has 9 nitrogen and oxygen atoms in total. The van der Waals surface area contributed by atoms with E-state index in [4.69, 9.17) is 26.8 Å². The van der Waals surface area contributed by atoms with Gasteiger partial charge in [0.05, 0.1) is 12.7 Å². The molecule has 0 spiro atoms. The molecule has 5 atom stereocenters. The second-order valence-corrected chi connectivity index (χ2v) is 9.38. The molecule has 1 aromatic heterocycles.